The van der Waals surface area contributed by atoms with Crippen LogP contribution in [0.5, 0.6) is 0 Å². The highest BCUT2D eigenvalue weighted by molar-refractivity contribution is 6.12. The highest BCUT2D eigenvalue weighted by atomic mass is 14.2. The van der Waals surface area contributed by atoms with Crippen molar-refractivity contribution in [2.45, 2.75) is 39.5 Å². The van der Waals surface area contributed by atoms with Gasteiger partial charge in [0.2, 0.25) is 0 Å². The zero-order chi connectivity index (χ0) is 28.5. The first-order chi connectivity index (χ1) is 20.7. The van der Waals surface area contributed by atoms with E-state index in [0.717, 1.165) is 25.7 Å². The van der Waals surface area contributed by atoms with E-state index in [-0.39, 0.29) is 0 Å². The molecule has 0 saturated carbocycles. The lowest BCUT2D eigenvalue weighted by Gasteiger charge is -2.19. The Balaban J connectivity index is 0.000000137. The summed E-state index contributed by atoms with van der Waals surface area (Å²) < 4.78 is 0. The summed E-state index contributed by atoms with van der Waals surface area (Å²) in [5.41, 5.74) is 11.1. The predicted molar refractivity (Wildman–Crippen MR) is 184 cm³/mol. The van der Waals surface area contributed by atoms with Crippen LogP contribution in [-0.4, -0.2) is 0 Å². The fraction of sp³-hybridized carbons (Fsp3) is 0.143. The Morgan fingerprint density at radius 2 is 1.19 bits per heavy atom. The Bertz CT molecular complexity index is 1980. The number of hydrogen-bond donors (Lipinski definition) is 0. The standard InChI is InChI=1S/2C21H18/c1-15-17-11-5-7-13-19(17)21(16-9-3-2-4-10-16)20-14-8-6-12-18(15)20;1-15-11-12-20-18(13-15)14-17-9-5-6-10-19(17)21(20)16-7-3-2-4-8-16/h3,5-14H,2,4H2,1H3;2-4,6-8,10-14H,5,9H2,1H3. The van der Waals surface area contributed by atoms with E-state index in [1.807, 2.05) is 0 Å². The van der Waals surface area contributed by atoms with Gasteiger partial charge in [-0.1, -0.05) is 139 Å². The Morgan fingerprint density at radius 1 is 0.524 bits per heavy atom. The van der Waals surface area contributed by atoms with Crippen molar-refractivity contribution in [2.75, 3.05) is 0 Å². The molecule has 204 valence electrons. The van der Waals surface area contributed by atoms with Crippen molar-refractivity contribution in [1.82, 2.24) is 0 Å². The first-order valence-electron chi connectivity index (χ1n) is 15.2. The lowest BCUT2D eigenvalue weighted by Crippen LogP contribution is -1.98. The van der Waals surface area contributed by atoms with Crippen LogP contribution in [0.25, 0.3) is 55.1 Å². The van der Waals surface area contributed by atoms with Gasteiger partial charge in [-0.15, -0.1) is 0 Å². The van der Waals surface area contributed by atoms with Crippen molar-refractivity contribution < 1.29 is 0 Å². The second-order valence-electron chi connectivity index (χ2n) is 11.6. The Kier molecular flexibility index (Phi) is 7.06. The first kappa shape index (κ1) is 26.2. The molecule has 0 unspecified atom stereocenters. The average Bonchev–Trinajstić information content (AvgIpc) is 3.05. The molecule has 2 aliphatic carbocycles. The summed E-state index contributed by atoms with van der Waals surface area (Å²) in [6.07, 6.45) is 16.2. The Hall–Kier alpha value is -4.68. The summed E-state index contributed by atoms with van der Waals surface area (Å²) >= 11 is 0. The highest BCUT2D eigenvalue weighted by Crippen LogP contribution is 2.39. The predicted octanol–water partition coefficient (Wildman–Crippen LogP) is 11.8. The van der Waals surface area contributed by atoms with Crippen LogP contribution >= 0.6 is 0 Å². The van der Waals surface area contributed by atoms with Gasteiger partial charge in [-0.05, 0) is 111 Å². The van der Waals surface area contributed by atoms with Crippen molar-refractivity contribution in [2.24, 2.45) is 0 Å². The van der Waals surface area contributed by atoms with Gasteiger partial charge in [0.05, 0.1) is 0 Å². The molecule has 0 aliphatic heterocycles. The van der Waals surface area contributed by atoms with E-state index in [9.17, 15) is 0 Å². The van der Waals surface area contributed by atoms with Crippen LogP contribution in [0, 0.1) is 13.8 Å². The van der Waals surface area contributed by atoms with E-state index in [2.05, 4.69) is 147 Å². The van der Waals surface area contributed by atoms with E-state index < -0.39 is 0 Å². The third-order valence-corrected chi connectivity index (χ3v) is 8.83. The fourth-order valence-corrected chi connectivity index (χ4v) is 6.81. The number of hydrogen-bond acceptors (Lipinski definition) is 0. The van der Waals surface area contributed by atoms with Gasteiger partial charge >= 0.3 is 0 Å². The fourth-order valence-electron chi connectivity index (χ4n) is 6.81. The minimum atomic E-state index is 1.14. The van der Waals surface area contributed by atoms with Crippen molar-refractivity contribution >= 4 is 44.0 Å². The SMILES string of the molecule is Cc1c2ccccc2c(C2=CCCC=C2)c2ccccc12.Cc1ccc2c(-c3ccccc3)c3c(cc2c1)CCC=C3. The average molecular weight is 541 g/mol. The molecular weight excluding hydrogens is 504 g/mol. The summed E-state index contributed by atoms with van der Waals surface area (Å²) in [4.78, 5) is 0. The topological polar surface area (TPSA) is 0 Å². The smallest absolute Gasteiger partial charge is 0.00299 e. The maximum absolute atomic E-state index is 2.38. The van der Waals surface area contributed by atoms with E-state index in [0.29, 0.717) is 0 Å². The largest absolute Gasteiger partial charge is 0.0836 e. The molecule has 0 bridgehead atoms. The van der Waals surface area contributed by atoms with Crippen LogP contribution in [0.1, 0.15) is 47.1 Å². The van der Waals surface area contributed by atoms with Gasteiger partial charge in [0.1, 0.15) is 0 Å². The lowest BCUT2D eigenvalue weighted by atomic mass is 9.85. The van der Waals surface area contributed by atoms with Crippen molar-refractivity contribution in [3.8, 4) is 11.1 Å². The summed E-state index contributed by atoms with van der Waals surface area (Å²) in [7, 11) is 0. The van der Waals surface area contributed by atoms with Gasteiger partial charge < -0.3 is 0 Å². The van der Waals surface area contributed by atoms with Crippen LogP contribution in [0.3, 0.4) is 0 Å². The summed E-state index contributed by atoms with van der Waals surface area (Å²) in [5.74, 6) is 0. The molecule has 0 N–H and O–H groups in total. The Labute approximate surface area is 249 Å². The molecule has 0 atom stereocenters. The first-order valence-corrected chi connectivity index (χ1v) is 15.2. The van der Waals surface area contributed by atoms with Crippen LogP contribution < -0.4 is 0 Å². The molecule has 0 saturated heterocycles. The number of benzene rings is 6. The van der Waals surface area contributed by atoms with Crippen molar-refractivity contribution in [3.63, 3.8) is 0 Å². The summed E-state index contributed by atoms with van der Waals surface area (Å²) in [5, 5.41) is 8.19. The molecule has 8 rings (SSSR count). The molecule has 0 radical (unpaired) electrons. The van der Waals surface area contributed by atoms with Gasteiger partial charge in [-0.2, -0.15) is 0 Å². The zero-order valence-corrected chi connectivity index (χ0v) is 24.5. The maximum Gasteiger partial charge on any atom is -0.00299 e. The molecule has 0 heterocycles. The molecule has 0 fully saturated rings. The molecule has 0 amide bonds. The number of fused-ring (bicyclic) bond motifs is 4. The van der Waals surface area contributed by atoms with E-state index in [1.54, 1.807) is 0 Å². The molecular formula is C42H36. The quantitative estimate of drug-likeness (QED) is 0.192. The highest BCUT2D eigenvalue weighted by Gasteiger charge is 2.16. The van der Waals surface area contributed by atoms with E-state index >= 15 is 0 Å². The van der Waals surface area contributed by atoms with Crippen molar-refractivity contribution in [1.29, 1.82) is 0 Å². The van der Waals surface area contributed by atoms with Crippen LogP contribution in [0.2, 0.25) is 0 Å². The van der Waals surface area contributed by atoms with Gasteiger partial charge in [0, 0.05) is 0 Å². The van der Waals surface area contributed by atoms with E-state index in [4.69, 9.17) is 0 Å². The lowest BCUT2D eigenvalue weighted by molar-refractivity contribution is 0.989. The molecule has 0 spiro atoms. The van der Waals surface area contributed by atoms with Crippen LogP contribution in [-0.2, 0) is 6.42 Å². The Morgan fingerprint density at radius 3 is 1.88 bits per heavy atom. The van der Waals surface area contributed by atoms with Gasteiger partial charge in [-0.25, -0.2) is 0 Å². The van der Waals surface area contributed by atoms with Gasteiger partial charge in [-0.3, -0.25) is 0 Å². The molecule has 6 aromatic carbocycles. The van der Waals surface area contributed by atoms with E-state index in [1.165, 1.54) is 76.8 Å². The zero-order valence-electron chi connectivity index (χ0n) is 24.5. The third kappa shape index (κ3) is 4.78. The number of rotatable bonds is 2. The molecule has 0 aromatic heterocycles. The maximum atomic E-state index is 2.38. The molecule has 0 heteroatoms. The van der Waals surface area contributed by atoms with Crippen molar-refractivity contribution in [3.05, 3.63) is 155 Å². The third-order valence-electron chi connectivity index (χ3n) is 8.83. The summed E-state index contributed by atoms with van der Waals surface area (Å²) in [6, 6.07) is 37.5. The summed E-state index contributed by atoms with van der Waals surface area (Å²) in [6.45, 7) is 4.40. The number of allylic oxidation sites excluding steroid dienone is 5. The normalized spacial score (nSPS) is 14.0. The van der Waals surface area contributed by atoms with Gasteiger partial charge in [0.25, 0.3) is 0 Å². The molecule has 2 aliphatic rings. The molecule has 42 heavy (non-hydrogen) atoms. The molecule has 0 nitrogen and oxygen atoms in total. The number of aryl methyl sites for hydroxylation is 3. The molecule has 6 aromatic rings. The van der Waals surface area contributed by atoms with Crippen LogP contribution in [0.4, 0.5) is 0 Å². The monoisotopic (exact) mass is 540 g/mol. The minimum absolute atomic E-state index is 1.14. The minimum Gasteiger partial charge on any atom is -0.0836 e. The second-order valence-corrected chi connectivity index (χ2v) is 11.6. The van der Waals surface area contributed by atoms with Crippen LogP contribution in [0.15, 0.2) is 127 Å². The van der Waals surface area contributed by atoms with Gasteiger partial charge in [0.15, 0.2) is 0 Å². The second kappa shape index (κ2) is 11.3.